The third-order valence-electron chi connectivity index (χ3n) is 4.45. The number of ether oxygens (including phenoxy) is 1. The van der Waals surface area contributed by atoms with Crippen LogP contribution in [0.5, 0.6) is 0 Å². The van der Waals surface area contributed by atoms with Gasteiger partial charge in [-0.2, -0.15) is 5.10 Å². The fourth-order valence-corrected chi connectivity index (χ4v) is 3.16. The Balaban J connectivity index is 1.72. The number of nitrogens with zero attached hydrogens (tertiary/aromatic N) is 4. The van der Waals surface area contributed by atoms with Gasteiger partial charge in [0.25, 0.3) is 0 Å². The number of rotatable bonds is 9. The third kappa shape index (κ3) is 7.44. The van der Waals surface area contributed by atoms with Crippen LogP contribution in [0.2, 0.25) is 0 Å². The lowest BCUT2D eigenvalue weighted by Gasteiger charge is -2.35. The summed E-state index contributed by atoms with van der Waals surface area (Å²) in [4.78, 5) is 6.89. The number of guanidine groups is 1. The highest BCUT2D eigenvalue weighted by atomic mass is 16.5. The molecular weight excluding hydrogens is 316 g/mol. The molecule has 1 saturated heterocycles. The van der Waals surface area contributed by atoms with Gasteiger partial charge >= 0.3 is 0 Å². The normalized spacial score (nSPS) is 17.7. The van der Waals surface area contributed by atoms with Crippen LogP contribution in [-0.4, -0.2) is 73.1 Å². The van der Waals surface area contributed by atoms with Gasteiger partial charge in [-0.15, -0.1) is 0 Å². The summed E-state index contributed by atoms with van der Waals surface area (Å²) in [5.74, 6) is 1.56. The number of aryl methyl sites for hydroxylation is 1. The molecule has 0 bridgehead atoms. The van der Waals surface area contributed by atoms with Crippen LogP contribution in [0.3, 0.4) is 0 Å². The quantitative estimate of drug-likeness (QED) is 0.398. The van der Waals surface area contributed by atoms with Crippen molar-refractivity contribution in [1.29, 1.82) is 0 Å². The van der Waals surface area contributed by atoms with Crippen LogP contribution < -0.4 is 10.6 Å². The van der Waals surface area contributed by atoms with Crippen molar-refractivity contribution in [3.8, 4) is 0 Å². The molecule has 142 valence electrons. The van der Waals surface area contributed by atoms with Crippen LogP contribution in [0.25, 0.3) is 0 Å². The third-order valence-corrected chi connectivity index (χ3v) is 4.45. The van der Waals surface area contributed by atoms with E-state index in [0.717, 1.165) is 58.3 Å². The second-order valence-corrected chi connectivity index (χ2v) is 6.93. The Morgan fingerprint density at radius 1 is 1.28 bits per heavy atom. The molecule has 1 aromatic heterocycles. The molecule has 1 aromatic rings. The highest BCUT2D eigenvalue weighted by molar-refractivity contribution is 5.79. The SMILES string of the molecule is CN=C(NCCCn1cccn1)NCC(CC(C)C)N1CCOCC1. The predicted molar refractivity (Wildman–Crippen MR) is 102 cm³/mol. The molecule has 7 nitrogen and oxygen atoms in total. The Hall–Kier alpha value is -1.60. The summed E-state index contributed by atoms with van der Waals surface area (Å²) in [6, 6.07) is 2.47. The van der Waals surface area contributed by atoms with E-state index >= 15 is 0 Å². The molecular formula is C18H34N6O. The Labute approximate surface area is 151 Å². The first-order valence-corrected chi connectivity index (χ1v) is 9.42. The first-order chi connectivity index (χ1) is 12.2. The second kappa shape index (κ2) is 11.1. The number of hydrogen-bond donors (Lipinski definition) is 2. The van der Waals surface area contributed by atoms with Crippen molar-refractivity contribution in [2.45, 2.75) is 39.3 Å². The van der Waals surface area contributed by atoms with E-state index in [1.54, 1.807) is 0 Å². The highest BCUT2D eigenvalue weighted by Crippen LogP contribution is 2.12. The number of aromatic nitrogens is 2. The molecule has 0 saturated carbocycles. The van der Waals surface area contributed by atoms with Crippen LogP contribution in [0.1, 0.15) is 26.7 Å². The van der Waals surface area contributed by atoms with Gasteiger partial charge in [-0.1, -0.05) is 13.8 Å². The highest BCUT2D eigenvalue weighted by Gasteiger charge is 2.22. The predicted octanol–water partition coefficient (Wildman–Crippen LogP) is 1.19. The first kappa shape index (κ1) is 19.7. The summed E-state index contributed by atoms with van der Waals surface area (Å²) < 4.78 is 7.45. The topological polar surface area (TPSA) is 66.7 Å². The van der Waals surface area contributed by atoms with Gasteiger partial charge < -0.3 is 15.4 Å². The molecule has 1 aliphatic heterocycles. The largest absolute Gasteiger partial charge is 0.379 e. The lowest BCUT2D eigenvalue weighted by atomic mass is 10.0. The Morgan fingerprint density at radius 2 is 2.08 bits per heavy atom. The standard InChI is InChI=1S/C18H34N6O/c1-16(2)14-17(23-10-12-25-13-11-23)15-21-18(19-3)20-6-4-8-24-9-5-7-22-24/h5,7,9,16-17H,4,6,8,10-15H2,1-3H3,(H2,19,20,21). The Morgan fingerprint density at radius 3 is 2.72 bits per heavy atom. The molecule has 1 atom stereocenters. The average Bonchev–Trinajstić information content (AvgIpc) is 3.14. The van der Waals surface area contributed by atoms with Gasteiger partial charge in [0.2, 0.25) is 0 Å². The van der Waals surface area contributed by atoms with Gasteiger partial charge in [0.05, 0.1) is 13.2 Å². The molecule has 0 aliphatic carbocycles. The smallest absolute Gasteiger partial charge is 0.191 e. The summed E-state index contributed by atoms with van der Waals surface area (Å²) >= 11 is 0. The van der Waals surface area contributed by atoms with Gasteiger partial charge in [0.15, 0.2) is 5.96 Å². The Kier molecular flexibility index (Phi) is 8.76. The zero-order valence-corrected chi connectivity index (χ0v) is 15.9. The lowest BCUT2D eigenvalue weighted by molar-refractivity contribution is 0.0132. The maximum Gasteiger partial charge on any atom is 0.191 e. The molecule has 2 rings (SSSR count). The molecule has 2 heterocycles. The number of aliphatic imine (C=N–C) groups is 1. The zero-order valence-electron chi connectivity index (χ0n) is 15.9. The molecule has 7 heteroatoms. The Bertz CT molecular complexity index is 482. The van der Waals surface area contributed by atoms with Crippen molar-refractivity contribution in [3.05, 3.63) is 18.5 Å². The van der Waals surface area contributed by atoms with Gasteiger partial charge in [0.1, 0.15) is 0 Å². The van der Waals surface area contributed by atoms with Crippen LogP contribution >= 0.6 is 0 Å². The van der Waals surface area contributed by atoms with Crippen molar-refractivity contribution in [3.63, 3.8) is 0 Å². The van der Waals surface area contributed by atoms with Crippen molar-refractivity contribution in [2.24, 2.45) is 10.9 Å². The molecule has 2 N–H and O–H groups in total. The van der Waals surface area contributed by atoms with Gasteiger partial charge in [-0.3, -0.25) is 14.6 Å². The second-order valence-electron chi connectivity index (χ2n) is 6.93. The monoisotopic (exact) mass is 350 g/mol. The van der Waals surface area contributed by atoms with Crippen LogP contribution in [0, 0.1) is 5.92 Å². The maximum absolute atomic E-state index is 5.49. The van der Waals surface area contributed by atoms with Crippen molar-refractivity contribution in [1.82, 2.24) is 25.3 Å². The lowest BCUT2D eigenvalue weighted by Crippen LogP contribution is -2.51. The fourth-order valence-electron chi connectivity index (χ4n) is 3.16. The van der Waals surface area contributed by atoms with Gasteiger partial charge in [-0.05, 0) is 24.8 Å². The van der Waals surface area contributed by atoms with E-state index in [0.29, 0.717) is 12.0 Å². The number of nitrogens with one attached hydrogen (secondary N) is 2. The minimum Gasteiger partial charge on any atom is -0.379 e. The van der Waals surface area contributed by atoms with Gasteiger partial charge in [-0.25, -0.2) is 0 Å². The summed E-state index contributed by atoms with van der Waals surface area (Å²) in [6.07, 6.45) is 6.00. The average molecular weight is 351 g/mol. The summed E-state index contributed by atoms with van der Waals surface area (Å²) in [7, 11) is 1.83. The molecule has 0 amide bonds. The summed E-state index contributed by atoms with van der Waals surface area (Å²) in [6.45, 7) is 11.0. The number of hydrogen-bond acceptors (Lipinski definition) is 4. The van der Waals surface area contributed by atoms with Crippen LogP contribution in [0.15, 0.2) is 23.5 Å². The van der Waals surface area contributed by atoms with Crippen LogP contribution in [0.4, 0.5) is 0 Å². The van der Waals surface area contributed by atoms with E-state index in [2.05, 4.69) is 39.5 Å². The van der Waals surface area contributed by atoms with E-state index < -0.39 is 0 Å². The minimum atomic E-state index is 0.520. The molecule has 1 unspecified atom stereocenters. The number of morpholine rings is 1. The van der Waals surface area contributed by atoms with Crippen molar-refractivity contribution < 1.29 is 4.74 Å². The summed E-state index contributed by atoms with van der Waals surface area (Å²) in [5.41, 5.74) is 0. The molecule has 1 aliphatic rings. The van der Waals surface area contributed by atoms with Crippen molar-refractivity contribution >= 4 is 5.96 Å². The van der Waals surface area contributed by atoms with E-state index in [4.69, 9.17) is 4.74 Å². The van der Waals surface area contributed by atoms with Gasteiger partial charge in [0, 0.05) is 58.2 Å². The van der Waals surface area contributed by atoms with E-state index in [9.17, 15) is 0 Å². The van der Waals surface area contributed by atoms with Crippen molar-refractivity contribution in [2.75, 3.05) is 46.4 Å². The van der Waals surface area contributed by atoms with E-state index in [1.165, 1.54) is 6.42 Å². The molecule has 0 radical (unpaired) electrons. The first-order valence-electron chi connectivity index (χ1n) is 9.42. The minimum absolute atomic E-state index is 0.520. The maximum atomic E-state index is 5.49. The van der Waals surface area contributed by atoms with Crippen LogP contribution in [-0.2, 0) is 11.3 Å². The zero-order chi connectivity index (χ0) is 17.9. The summed E-state index contributed by atoms with van der Waals surface area (Å²) in [5, 5.41) is 11.1. The molecule has 0 aromatic carbocycles. The molecule has 1 fully saturated rings. The van der Waals surface area contributed by atoms with E-state index in [-0.39, 0.29) is 0 Å². The van der Waals surface area contributed by atoms with E-state index in [1.807, 2.05) is 30.2 Å². The molecule has 0 spiro atoms. The fraction of sp³-hybridized carbons (Fsp3) is 0.778. The molecule has 25 heavy (non-hydrogen) atoms.